The van der Waals surface area contributed by atoms with Crippen LogP contribution in [-0.4, -0.2) is 42.7 Å². The van der Waals surface area contributed by atoms with Crippen molar-refractivity contribution in [2.24, 2.45) is 11.3 Å². The Morgan fingerprint density at radius 1 is 1.41 bits per heavy atom. The maximum Gasteiger partial charge on any atom is 0.233 e. The number of nitrogens with one attached hydrogen (secondary N) is 1. The summed E-state index contributed by atoms with van der Waals surface area (Å²) in [6, 6.07) is 0. The lowest BCUT2D eigenvalue weighted by Gasteiger charge is -2.38. The molecule has 0 radical (unpaired) electrons. The van der Waals surface area contributed by atoms with E-state index in [2.05, 4.69) is 36.8 Å². The number of rotatable bonds is 4. The third-order valence-corrected chi connectivity index (χ3v) is 4.61. The third kappa shape index (κ3) is 4.51. The molecule has 0 spiro atoms. The van der Waals surface area contributed by atoms with Gasteiger partial charge in [-0.15, -0.1) is 0 Å². The van der Waals surface area contributed by atoms with Crippen LogP contribution in [0.1, 0.15) is 33.6 Å². The van der Waals surface area contributed by atoms with Crippen molar-refractivity contribution < 1.29 is 4.79 Å². The van der Waals surface area contributed by atoms with Crippen LogP contribution in [0, 0.1) is 11.3 Å². The molecule has 1 aliphatic heterocycles. The van der Waals surface area contributed by atoms with Crippen molar-refractivity contribution in [1.29, 1.82) is 0 Å². The lowest BCUT2D eigenvalue weighted by molar-refractivity contribution is -0.121. The minimum atomic E-state index is -0.190. The number of piperidine rings is 1. The summed E-state index contributed by atoms with van der Waals surface area (Å²) in [6.45, 7) is 9.34. The fourth-order valence-electron chi connectivity index (χ4n) is 2.04. The average Bonchev–Trinajstić information content (AvgIpc) is 2.29. The van der Waals surface area contributed by atoms with Gasteiger partial charge in [-0.25, -0.2) is 0 Å². The molecule has 1 saturated heterocycles. The molecule has 1 unspecified atom stereocenters. The molecule has 0 aromatic heterocycles. The molecule has 1 fully saturated rings. The van der Waals surface area contributed by atoms with Gasteiger partial charge in [0, 0.05) is 6.54 Å². The van der Waals surface area contributed by atoms with Gasteiger partial charge in [0.15, 0.2) is 0 Å². The zero-order valence-corrected chi connectivity index (χ0v) is 12.4. The van der Waals surface area contributed by atoms with Crippen LogP contribution in [0.2, 0.25) is 0 Å². The van der Waals surface area contributed by atoms with E-state index in [-0.39, 0.29) is 22.5 Å². The third-order valence-electron chi connectivity index (χ3n) is 3.78. The van der Waals surface area contributed by atoms with Crippen molar-refractivity contribution in [3.8, 4) is 0 Å². The van der Waals surface area contributed by atoms with E-state index in [0.717, 1.165) is 32.5 Å². The summed E-state index contributed by atoms with van der Waals surface area (Å²) in [5, 5.41) is 2.87. The van der Waals surface area contributed by atoms with E-state index < -0.39 is 0 Å². The van der Waals surface area contributed by atoms with Crippen LogP contribution in [0.25, 0.3) is 0 Å². The molecule has 0 saturated carbocycles. The monoisotopic (exact) mass is 258 g/mol. The first-order valence-corrected chi connectivity index (χ1v) is 7.00. The molecule has 1 atom stereocenters. The Kier molecular flexibility index (Phi) is 5.32. The number of likely N-dealkylation sites (tertiary alicyclic amines) is 1. The number of carbonyl (C=O) groups excluding carboxylic acids is 1. The molecule has 0 aliphatic carbocycles. The minimum absolute atomic E-state index is 0.0727. The van der Waals surface area contributed by atoms with Crippen LogP contribution < -0.4 is 5.32 Å². The maximum atomic E-state index is 11.8. The molecule has 1 N–H and O–H groups in total. The SMILES string of the molecule is CC(C)C(S)C(=O)NCC1(C)CCN(C)CC1. The summed E-state index contributed by atoms with van der Waals surface area (Å²) in [5.41, 5.74) is 0.257. The fourth-order valence-corrected chi connectivity index (χ4v) is 2.13. The van der Waals surface area contributed by atoms with Gasteiger partial charge in [-0.3, -0.25) is 4.79 Å². The van der Waals surface area contributed by atoms with Crippen molar-refractivity contribution in [1.82, 2.24) is 10.2 Å². The lowest BCUT2D eigenvalue weighted by Crippen LogP contribution is -2.45. The second-order valence-corrected chi connectivity index (χ2v) is 6.58. The first-order chi connectivity index (χ1) is 7.84. The molecule has 0 bridgehead atoms. The van der Waals surface area contributed by atoms with Crippen LogP contribution in [0.5, 0.6) is 0 Å². The normalized spacial score (nSPS) is 22.5. The van der Waals surface area contributed by atoms with E-state index in [0.29, 0.717) is 0 Å². The van der Waals surface area contributed by atoms with Gasteiger partial charge >= 0.3 is 0 Å². The van der Waals surface area contributed by atoms with Gasteiger partial charge in [0.1, 0.15) is 0 Å². The zero-order chi connectivity index (χ0) is 13.1. The molecule has 1 amide bonds. The Hall–Kier alpha value is -0.220. The number of hydrogen-bond acceptors (Lipinski definition) is 3. The average molecular weight is 258 g/mol. The zero-order valence-electron chi connectivity index (χ0n) is 11.5. The van der Waals surface area contributed by atoms with Crippen LogP contribution in [0.15, 0.2) is 0 Å². The van der Waals surface area contributed by atoms with Crippen LogP contribution in [0.3, 0.4) is 0 Å². The van der Waals surface area contributed by atoms with Crippen LogP contribution in [-0.2, 0) is 4.79 Å². The first-order valence-electron chi connectivity index (χ1n) is 6.48. The van der Waals surface area contributed by atoms with Gasteiger partial charge in [-0.05, 0) is 44.3 Å². The molecule has 100 valence electrons. The Bertz CT molecular complexity index is 260. The van der Waals surface area contributed by atoms with E-state index in [1.807, 2.05) is 13.8 Å². The summed E-state index contributed by atoms with van der Waals surface area (Å²) < 4.78 is 0. The summed E-state index contributed by atoms with van der Waals surface area (Å²) in [5.74, 6) is 0.354. The number of thiol groups is 1. The van der Waals surface area contributed by atoms with Gasteiger partial charge in [-0.1, -0.05) is 20.8 Å². The van der Waals surface area contributed by atoms with E-state index in [9.17, 15) is 4.79 Å². The van der Waals surface area contributed by atoms with Crippen molar-refractivity contribution in [2.75, 3.05) is 26.7 Å². The van der Waals surface area contributed by atoms with Crippen LogP contribution in [0.4, 0.5) is 0 Å². The van der Waals surface area contributed by atoms with Gasteiger partial charge in [0.05, 0.1) is 5.25 Å². The number of hydrogen-bond donors (Lipinski definition) is 2. The number of amides is 1. The molecule has 0 aromatic rings. The lowest BCUT2D eigenvalue weighted by atomic mass is 9.80. The fraction of sp³-hybridized carbons (Fsp3) is 0.923. The van der Waals surface area contributed by atoms with Gasteiger partial charge in [0.25, 0.3) is 0 Å². The highest BCUT2D eigenvalue weighted by atomic mass is 32.1. The quantitative estimate of drug-likeness (QED) is 0.754. The minimum Gasteiger partial charge on any atom is -0.355 e. The Labute approximate surface area is 111 Å². The van der Waals surface area contributed by atoms with E-state index >= 15 is 0 Å². The van der Waals surface area contributed by atoms with Crippen molar-refractivity contribution in [2.45, 2.75) is 38.9 Å². The second-order valence-electron chi connectivity index (χ2n) is 6.02. The Balaban J connectivity index is 2.37. The van der Waals surface area contributed by atoms with E-state index in [1.165, 1.54) is 0 Å². The van der Waals surface area contributed by atoms with Gasteiger partial charge in [0.2, 0.25) is 5.91 Å². The predicted octanol–water partition coefficient (Wildman–Crippen LogP) is 1.79. The molecule has 1 aliphatic rings. The largest absolute Gasteiger partial charge is 0.355 e. The standard InChI is InChI=1S/C13H26N2OS/c1-10(2)11(17)12(16)14-9-13(3)5-7-15(4)8-6-13/h10-11,17H,5-9H2,1-4H3,(H,14,16). The number of carbonyl (C=O) groups is 1. The molecule has 3 nitrogen and oxygen atoms in total. The molecular weight excluding hydrogens is 232 g/mol. The smallest absolute Gasteiger partial charge is 0.233 e. The molecule has 4 heteroatoms. The summed E-state index contributed by atoms with van der Waals surface area (Å²) in [6.07, 6.45) is 2.31. The first kappa shape index (κ1) is 14.8. The second kappa shape index (κ2) is 6.10. The van der Waals surface area contributed by atoms with Crippen molar-refractivity contribution >= 4 is 18.5 Å². The Morgan fingerprint density at radius 2 is 1.94 bits per heavy atom. The molecule has 1 heterocycles. The van der Waals surface area contributed by atoms with E-state index in [1.54, 1.807) is 0 Å². The highest BCUT2D eigenvalue weighted by molar-refractivity contribution is 7.81. The molecule has 17 heavy (non-hydrogen) atoms. The van der Waals surface area contributed by atoms with Crippen molar-refractivity contribution in [3.63, 3.8) is 0 Å². The van der Waals surface area contributed by atoms with E-state index in [4.69, 9.17) is 0 Å². The Morgan fingerprint density at radius 3 is 2.41 bits per heavy atom. The topological polar surface area (TPSA) is 32.3 Å². The molecular formula is C13H26N2OS. The van der Waals surface area contributed by atoms with Gasteiger partial charge < -0.3 is 10.2 Å². The highest BCUT2D eigenvalue weighted by Gasteiger charge is 2.30. The predicted molar refractivity (Wildman–Crippen MR) is 75.5 cm³/mol. The van der Waals surface area contributed by atoms with Gasteiger partial charge in [-0.2, -0.15) is 12.6 Å². The summed E-state index contributed by atoms with van der Waals surface area (Å²) >= 11 is 4.34. The summed E-state index contributed by atoms with van der Waals surface area (Å²) in [7, 11) is 2.15. The number of nitrogens with zero attached hydrogens (tertiary/aromatic N) is 1. The summed E-state index contributed by atoms with van der Waals surface area (Å²) in [4.78, 5) is 14.2. The van der Waals surface area contributed by atoms with Crippen LogP contribution >= 0.6 is 12.6 Å². The molecule has 1 rings (SSSR count). The molecule has 0 aromatic carbocycles. The highest BCUT2D eigenvalue weighted by Crippen LogP contribution is 2.29. The maximum absolute atomic E-state index is 11.8. The van der Waals surface area contributed by atoms with Crippen molar-refractivity contribution in [3.05, 3.63) is 0 Å².